The zero-order valence-electron chi connectivity index (χ0n) is 9.97. The minimum absolute atomic E-state index is 0.0228. The second-order valence-electron chi connectivity index (χ2n) is 4.63. The Balaban J connectivity index is 2.21. The van der Waals surface area contributed by atoms with Crippen LogP contribution in [0, 0.1) is 0 Å². The maximum Gasteiger partial charge on any atom is 0.176 e. The molecular formula is C11H14N4S2. The first kappa shape index (κ1) is 12.3. The minimum atomic E-state index is -0.0228. The van der Waals surface area contributed by atoms with E-state index in [9.17, 15) is 0 Å². The number of hydrogen-bond acceptors (Lipinski definition) is 6. The van der Waals surface area contributed by atoms with Gasteiger partial charge in [0.25, 0.3) is 0 Å². The van der Waals surface area contributed by atoms with Crippen LogP contribution in [0.2, 0.25) is 0 Å². The van der Waals surface area contributed by atoms with Crippen LogP contribution in [-0.2, 0) is 5.41 Å². The van der Waals surface area contributed by atoms with Gasteiger partial charge >= 0.3 is 0 Å². The van der Waals surface area contributed by atoms with Crippen molar-refractivity contribution in [2.45, 2.75) is 35.6 Å². The van der Waals surface area contributed by atoms with E-state index in [1.54, 1.807) is 6.20 Å². The molecule has 0 aliphatic heterocycles. The van der Waals surface area contributed by atoms with Crippen molar-refractivity contribution in [3.05, 3.63) is 24.2 Å². The summed E-state index contributed by atoms with van der Waals surface area (Å²) in [6.45, 7) is 6.29. The molecule has 0 bridgehead atoms. The number of pyridine rings is 1. The van der Waals surface area contributed by atoms with Crippen molar-refractivity contribution in [3.63, 3.8) is 0 Å². The lowest BCUT2D eigenvalue weighted by Crippen LogP contribution is -2.12. The molecule has 4 nitrogen and oxygen atoms in total. The maximum absolute atomic E-state index is 5.83. The Kier molecular flexibility index (Phi) is 3.35. The molecule has 2 rings (SSSR count). The van der Waals surface area contributed by atoms with E-state index in [1.807, 2.05) is 12.1 Å². The van der Waals surface area contributed by atoms with E-state index in [2.05, 4.69) is 35.1 Å². The van der Waals surface area contributed by atoms with Crippen LogP contribution in [0.15, 0.2) is 27.7 Å². The second-order valence-corrected chi connectivity index (χ2v) is 6.62. The van der Waals surface area contributed by atoms with Crippen LogP contribution >= 0.6 is 23.3 Å². The fourth-order valence-corrected chi connectivity index (χ4v) is 2.83. The van der Waals surface area contributed by atoms with Gasteiger partial charge < -0.3 is 5.73 Å². The van der Waals surface area contributed by atoms with Crippen molar-refractivity contribution < 1.29 is 0 Å². The summed E-state index contributed by atoms with van der Waals surface area (Å²) in [5.74, 6) is 0.861. The Bertz CT molecular complexity index is 516. The molecule has 2 N–H and O–H groups in total. The van der Waals surface area contributed by atoms with Gasteiger partial charge in [0, 0.05) is 11.6 Å². The molecule has 0 spiro atoms. The number of anilines is 1. The summed E-state index contributed by atoms with van der Waals surface area (Å²) in [5.41, 5.74) is 6.48. The van der Waals surface area contributed by atoms with E-state index in [-0.39, 0.29) is 5.41 Å². The molecule has 0 unspecified atom stereocenters. The van der Waals surface area contributed by atoms with Crippen molar-refractivity contribution in [3.8, 4) is 0 Å². The third kappa shape index (κ3) is 2.95. The summed E-state index contributed by atoms with van der Waals surface area (Å²) in [4.78, 5) is 8.71. The van der Waals surface area contributed by atoms with Crippen LogP contribution in [0.4, 0.5) is 5.69 Å². The topological polar surface area (TPSA) is 64.7 Å². The average molecular weight is 266 g/mol. The zero-order valence-corrected chi connectivity index (χ0v) is 11.6. The molecule has 0 amide bonds. The summed E-state index contributed by atoms with van der Waals surface area (Å²) < 4.78 is 5.23. The van der Waals surface area contributed by atoms with Crippen molar-refractivity contribution >= 4 is 29.0 Å². The molecule has 6 heteroatoms. The van der Waals surface area contributed by atoms with Crippen LogP contribution in [0.5, 0.6) is 0 Å². The predicted octanol–water partition coefficient (Wildman–Crippen LogP) is 2.96. The molecule has 0 aromatic carbocycles. The maximum atomic E-state index is 5.83. The second kappa shape index (κ2) is 4.62. The number of nitrogen functional groups attached to an aromatic ring is 1. The predicted molar refractivity (Wildman–Crippen MR) is 71.4 cm³/mol. The number of hydrogen-bond donors (Lipinski definition) is 1. The standard InChI is InChI=1S/C11H14N4S2/c1-11(2,3)9-14-10(17-15-9)16-8-7(12)5-4-6-13-8/h4-6H,12H2,1-3H3. The highest BCUT2D eigenvalue weighted by atomic mass is 32.2. The van der Waals surface area contributed by atoms with Gasteiger partial charge in [-0.1, -0.05) is 20.8 Å². The molecule has 0 aliphatic rings. The molecule has 0 saturated carbocycles. The van der Waals surface area contributed by atoms with Crippen molar-refractivity contribution in [2.24, 2.45) is 0 Å². The lowest BCUT2D eigenvalue weighted by molar-refractivity contribution is 0.551. The molecule has 2 heterocycles. The lowest BCUT2D eigenvalue weighted by atomic mass is 9.96. The summed E-state index contributed by atoms with van der Waals surface area (Å²) >= 11 is 2.85. The third-order valence-corrected chi connectivity index (χ3v) is 3.85. The van der Waals surface area contributed by atoms with Gasteiger partial charge in [-0.3, -0.25) is 0 Å². The molecule has 90 valence electrons. The van der Waals surface area contributed by atoms with Crippen molar-refractivity contribution in [2.75, 3.05) is 5.73 Å². The SMILES string of the molecule is CC(C)(C)c1nsc(Sc2ncccc2N)n1. The quantitative estimate of drug-likeness (QED) is 0.905. The van der Waals surface area contributed by atoms with Crippen LogP contribution in [0.25, 0.3) is 0 Å². The molecule has 0 aliphatic carbocycles. The van der Waals surface area contributed by atoms with Gasteiger partial charge in [0.2, 0.25) is 0 Å². The molecule has 0 fully saturated rings. The van der Waals surface area contributed by atoms with E-state index in [4.69, 9.17) is 5.73 Å². The van der Waals surface area contributed by atoms with Gasteiger partial charge in [-0.15, -0.1) is 0 Å². The summed E-state index contributed by atoms with van der Waals surface area (Å²) in [6.07, 6.45) is 1.73. The number of nitrogens with two attached hydrogens (primary N) is 1. The first-order chi connectivity index (χ1) is 7.97. The van der Waals surface area contributed by atoms with Gasteiger partial charge in [0.1, 0.15) is 10.9 Å². The fraction of sp³-hybridized carbons (Fsp3) is 0.364. The van der Waals surface area contributed by atoms with Gasteiger partial charge in [-0.25, -0.2) is 9.97 Å². The van der Waals surface area contributed by atoms with E-state index >= 15 is 0 Å². The van der Waals surface area contributed by atoms with E-state index < -0.39 is 0 Å². The van der Waals surface area contributed by atoms with Gasteiger partial charge in [-0.05, 0) is 35.4 Å². The van der Waals surface area contributed by atoms with Crippen molar-refractivity contribution in [1.29, 1.82) is 0 Å². The zero-order chi connectivity index (χ0) is 12.5. The molecule has 0 radical (unpaired) electrons. The Morgan fingerprint density at radius 2 is 2.12 bits per heavy atom. The minimum Gasteiger partial charge on any atom is -0.397 e. The van der Waals surface area contributed by atoms with Crippen LogP contribution in [0.3, 0.4) is 0 Å². The Hall–Kier alpha value is -1.14. The van der Waals surface area contributed by atoms with Crippen LogP contribution in [-0.4, -0.2) is 14.3 Å². The highest BCUT2D eigenvalue weighted by molar-refractivity contribution is 8.01. The van der Waals surface area contributed by atoms with Crippen LogP contribution in [0.1, 0.15) is 26.6 Å². The summed E-state index contributed by atoms with van der Waals surface area (Å²) in [7, 11) is 0. The van der Waals surface area contributed by atoms with Gasteiger partial charge in [0.05, 0.1) is 5.69 Å². The highest BCUT2D eigenvalue weighted by Gasteiger charge is 2.20. The van der Waals surface area contributed by atoms with Crippen molar-refractivity contribution in [1.82, 2.24) is 14.3 Å². The third-order valence-electron chi connectivity index (χ3n) is 2.06. The molecule has 17 heavy (non-hydrogen) atoms. The first-order valence-electron chi connectivity index (χ1n) is 5.19. The first-order valence-corrected chi connectivity index (χ1v) is 6.78. The van der Waals surface area contributed by atoms with Gasteiger partial charge in [-0.2, -0.15) is 4.37 Å². The number of nitrogens with zero attached hydrogens (tertiary/aromatic N) is 3. The van der Waals surface area contributed by atoms with Crippen LogP contribution < -0.4 is 5.73 Å². The summed E-state index contributed by atoms with van der Waals surface area (Å²) in [5, 5.41) is 0.782. The average Bonchev–Trinajstić information content (AvgIpc) is 2.69. The van der Waals surface area contributed by atoms with Gasteiger partial charge in [0.15, 0.2) is 4.34 Å². The Morgan fingerprint density at radius 3 is 2.71 bits per heavy atom. The van der Waals surface area contributed by atoms with E-state index in [0.29, 0.717) is 5.69 Å². The monoisotopic (exact) mass is 266 g/mol. The molecule has 2 aromatic rings. The number of aromatic nitrogens is 3. The fourth-order valence-electron chi connectivity index (χ4n) is 1.13. The number of rotatable bonds is 2. The Morgan fingerprint density at radius 1 is 1.35 bits per heavy atom. The van der Waals surface area contributed by atoms with E-state index in [1.165, 1.54) is 23.3 Å². The molecular weight excluding hydrogens is 252 g/mol. The highest BCUT2D eigenvalue weighted by Crippen LogP contribution is 2.32. The summed E-state index contributed by atoms with van der Waals surface area (Å²) in [6, 6.07) is 3.65. The largest absolute Gasteiger partial charge is 0.397 e. The molecule has 0 saturated heterocycles. The smallest absolute Gasteiger partial charge is 0.176 e. The Labute approximate surface area is 109 Å². The molecule has 0 atom stereocenters. The normalized spacial score (nSPS) is 11.7. The lowest BCUT2D eigenvalue weighted by Gasteiger charge is -2.12. The van der Waals surface area contributed by atoms with E-state index in [0.717, 1.165) is 15.2 Å². The molecule has 2 aromatic heterocycles.